The number of rotatable bonds is 3. The molecule has 0 radical (unpaired) electrons. The summed E-state index contributed by atoms with van der Waals surface area (Å²) in [5, 5.41) is 3.99. The van der Waals surface area contributed by atoms with Crippen molar-refractivity contribution in [3.63, 3.8) is 0 Å². The molecule has 1 amide bonds. The lowest BCUT2D eigenvalue weighted by Gasteiger charge is -2.07. The highest BCUT2D eigenvalue weighted by Crippen LogP contribution is 2.17. The van der Waals surface area contributed by atoms with Crippen LogP contribution in [0.3, 0.4) is 0 Å². The third-order valence-corrected chi connectivity index (χ3v) is 3.67. The topological polar surface area (TPSA) is 44.9 Å². The van der Waals surface area contributed by atoms with E-state index in [1.54, 1.807) is 0 Å². The summed E-state index contributed by atoms with van der Waals surface area (Å²) in [6.45, 7) is 0.509. The van der Waals surface area contributed by atoms with E-state index < -0.39 is 0 Å². The fourth-order valence-corrected chi connectivity index (χ4v) is 2.65. The summed E-state index contributed by atoms with van der Waals surface area (Å²) in [5.41, 5.74) is 2.60. The van der Waals surface area contributed by atoms with Crippen molar-refractivity contribution in [2.24, 2.45) is 0 Å². The summed E-state index contributed by atoms with van der Waals surface area (Å²) in [7, 11) is 0. The molecular weight excluding hydrogens is 316 g/mol. The zero-order chi connectivity index (χ0) is 13.9. The Morgan fingerprint density at radius 1 is 1.15 bits per heavy atom. The van der Waals surface area contributed by atoms with Gasteiger partial charge in [-0.2, -0.15) is 0 Å². The second-order valence-corrected chi connectivity index (χ2v) is 5.48. The van der Waals surface area contributed by atoms with Gasteiger partial charge in [0.1, 0.15) is 0 Å². The molecule has 0 aliphatic carbocycles. The number of hydrogen-bond donors (Lipinski definition) is 2. The number of aromatic amines is 1. The molecule has 0 aliphatic rings. The number of carbonyl (C=O) groups excluding carboxylic acids is 1. The molecule has 4 heteroatoms. The van der Waals surface area contributed by atoms with E-state index in [9.17, 15) is 4.79 Å². The van der Waals surface area contributed by atoms with Crippen molar-refractivity contribution in [3.05, 3.63) is 70.3 Å². The van der Waals surface area contributed by atoms with E-state index in [0.717, 1.165) is 20.9 Å². The van der Waals surface area contributed by atoms with Gasteiger partial charge in [-0.15, -0.1) is 0 Å². The number of benzene rings is 2. The maximum absolute atomic E-state index is 12.3. The fraction of sp³-hybridized carbons (Fsp3) is 0.0625. The number of amides is 1. The molecule has 0 saturated heterocycles. The number of H-pyrrole nitrogens is 1. The number of fused-ring (bicyclic) bond motifs is 1. The van der Waals surface area contributed by atoms with E-state index in [0.29, 0.717) is 12.1 Å². The predicted octanol–water partition coefficient (Wildman–Crippen LogP) is 3.86. The van der Waals surface area contributed by atoms with Crippen LogP contribution < -0.4 is 5.32 Å². The summed E-state index contributed by atoms with van der Waals surface area (Å²) >= 11 is 3.42. The van der Waals surface area contributed by atoms with Crippen LogP contribution >= 0.6 is 15.9 Å². The minimum Gasteiger partial charge on any atom is -0.361 e. The van der Waals surface area contributed by atoms with Crippen molar-refractivity contribution in [3.8, 4) is 0 Å². The number of carbonyl (C=O) groups is 1. The first-order valence-corrected chi connectivity index (χ1v) is 7.12. The predicted molar refractivity (Wildman–Crippen MR) is 83.6 cm³/mol. The largest absolute Gasteiger partial charge is 0.361 e. The van der Waals surface area contributed by atoms with Crippen molar-refractivity contribution in [1.29, 1.82) is 0 Å². The van der Waals surface area contributed by atoms with Crippen LogP contribution in [-0.2, 0) is 6.54 Å². The fourth-order valence-electron chi connectivity index (χ4n) is 2.20. The van der Waals surface area contributed by atoms with Crippen LogP contribution in [0, 0.1) is 0 Å². The first-order chi connectivity index (χ1) is 9.74. The van der Waals surface area contributed by atoms with Gasteiger partial charge in [-0.1, -0.05) is 40.2 Å². The van der Waals surface area contributed by atoms with Crippen molar-refractivity contribution >= 4 is 32.7 Å². The molecule has 1 heterocycles. The van der Waals surface area contributed by atoms with E-state index in [-0.39, 0.29) is 5.91 Å². The van der Waals surface area contributed by atoms with E-state index in [2.05, 4.69) is 26.2 Å². The first-order valence-electron chi connectivity index (χ1n) is 6.33. The standard InChI is InChI=1S/C16H13BrN2O/c17-13-5-1-3-11(9-13)10-19-16(20)14-6-2-4-12-7-8-18-15(12)14/h1-9,18H,10H2,(H,19,20). The molecule has 1 aromatic heterocycles. The minimum atomic E-state index is -0.0713. The second kappa shape index (κ2) is 5.51. The zero-order valence-electron chi connectivity index (χ0n) is 10.7. The van der Waals surface area contributed by atoms with Gasteiger partial charge >= 0.3 is 0 Å². The van der Waals surface area contributed by atoms with E-state index >= 15 is 0 Å². The smallest absolute Gasteiger partial charge is 0.253 e. The molecule has 0 bridgehead atoms. The number of hydrogen-bond acceptors (Lipinski definition) is 1. The Bertz CT molecular complexity index is 764. The summed E-state index contributed by atoms with van der Waals surface area (Å²) in [4.78, 5) is 15.4. The van der Waals surface area contributed by atoms with Gasteiger partial charge in [0.2, 0.25) is 0 Å². The number of aromatic nitrogens is 1. The van der Waals surface area contributed by atoms with Gasteiger partial charge in [0.15, 0.2) is 0 Å². The van der Waals surface area contributed by atoms with E-state index in [1.807, 2.05) is 54.7 Å². The van der Waals surface area contributed by atoms with Crippen molar-refractivity contribution in [1.82, 2.24) is 10.3 Å². The molecule has 0 aliphatic heterocycles. The highest BCUT2D eigenvalue weighted by Gasteiger charge is 2.10. The lowest BCUT2D eigenvalue weighted by atomic mass is 10.1. The van der Waals surface area contributed by atoms with Crippen LogP contribution in [0.4, 0.5) is 0 Å². The summed E-state index contributed by atoms with van der Waals surface area (Å²) in [5.74, 6) is -0.0713. The van der Waals surface area contributed by atoms with Crippen LogP contribution in [0.25, 0.3) is 10.9 Å². The molecule has 20 heavy (non-hydrogen) atoms. The van der Waals surface area contributed by atoms with Crippen molar-refractivity contribution in [2.75, 3.05) is 0 Å². The lowest BCUT2D eigenvalue weighted by Crippen LogP contribution is -2.23. The average molecular weight is 329 g/mol. The van der Waals surface area contributed by atoms with Crippen molar-refractivity contribution in [2.45, 2.75) is 6.54 Å². The van der Waals surface area contributed by atoms with Crippen molar-refractivity contribution < 1.29 is 4.79 Å². The Labute approximate surface area is 125 Å². The number of para-hydroxylation sites is 1. The normalized spacial score (nSPS) is 10.7. The van der Waals surface area contributed by atoms with E-state index in [1.165, 1.54) is 0 Å². The van der Waals surface area contributed by atoms with Crippen LogP contribution in [-0.4, -0.2) is 10.9 Å². The summed E-state index contributed by atoms with van der Waals surface area (Å²) in [6.07, 6.45) is 1.84. The van der Waals surface area contributed by atoms with Crippen LogP contribution in [0.15, 0.2) is 59.2 Å². The molecule has 2 N–H and O–H groups in total. The Balaban J connectivity index is 1.78. The monoisotopic (exact) mass is 328 g/mol. The molecule has 3 rings (SSSR count). The molecule has 3 aromatic rings. The van der Waals surface area contributed by atoms with Gasteiger partial charge in [-0.3, -0.25) is 4.79 Å². The maximum Gasteiger partial charge on any atom is 0.253 e. The highest BCUT2D eigenvalue weighted by molar-refractivity contribution is 9.10. The van der Waals surface area contributed by atoms with Gasteiger partial charge in [0.25, 0.3) is 5.91 Å². The lowest BCUT2D eigenvalue weighted by molar-refractivity contribution is 0.0952. The molecule has 3 nitrogen and oxygen atoms in total. The second-order valence-electron chi connectivity index (χ2n) is 4.56. The summed E-state index contributed by atoms with van der Waals surface area (Å²) in [6, 6.07) is 15.6. The van der Waals surface area contributed by atoms with Gasteiger partial charge < -0.3 is 10.3 Å². The SMILES string of the molecule is O=C(NCc1cccc(Br)c1)c1cccc2cc[nH]c12. The quantitative estimate of drug-likeness (QED) is 0.753. The Kier molecular flexibility index (Phi) is 3.56. The van der Waals surface area contributed by atoms with E-state index in [4.69, 9.17) is 0 Å². The Morgan fingerprint density at radius 3 is 2.85 bits per heavy atom. The van der Waals surface area contributed by atoms with Crippen LogP contribution in [0.1, 0.15) is 15.9 Å². The molecular formula is C16H13BrN2O. The molecule has 2 aromatic carbocycles. The molecule has 0 spiro atoms. The molecule has 0 fully saturated rings. The highest BCUT2D eigenvalue weighted by atomic mass is 79.9. The Hall–Kier alpha value is -2.07. The number of nitrogens with one attached hydrogen (secondary N) is 2. The number of halogens is 1. The maximum atomic E-state index is 12.3. The third kappa shape index (κ3) is 2.60. The van der Waals surface area contributed by atoms with Crippen LogP contribution in [0.2, 0.25) is 0 Å². The zero-order valence-corrected chi connectivity index (χ0v) is 12.3. The molecule has 100 valence electrons. The van der Waals surface area contributed by atoms with Gasteiger partial charge in [-0.05, 0) is 29.8 Å². The minimum absolute atomic E-state index is 0.0713. The Morgan fingerprint density at radius 2 is 2.00 bits per heavy atom. The third-order valence-electron chi connectivity index (χ3n) is 3.17. The van der Waals surface area contributed by atoms with Gasteiger partial charge in [-0.25, -0.2) is 0 Å². The first kappa shape index (κ1) is 12.9. The summed E-state index contributed by atoms with van der Waals surface area (Å²) < 4.78 is 1.01. The molecule has 0 atom stereocenters. The van der Waals surface area contributed by atoms with Gasteiger partial charge in [0.05, 0.1) is 11.1 Å². The van der Waals surface area contributed by atoms with Crippen LogP contribution in [0.5, 0.6) is 0 Å². The molecule has 0 saturated carbocycles. The van der Waals surface area contributed by atoms with Gasteiger partial charge in [0, 0.05) is 22.6 Å². The average Bonchev–Trinajstić information content (AvgIpc) is 2.93. The molecule has 0 unspecified atom stereocenters.